The lowest BCUT2D eigenvalue weighted by molar-refractivity contribution is -0.126. The van der Waals surface area contributed by atoms with Gasteiger partial charge < -0.3 is 9.84 Å². The van der Waals surface area contributed by atoms with Gasteiger partial charge in [0.2, 0.25) is 17.6 Å². The van der Waals surface area contributed by atoms with Crippen molar-refractivity contribution in [1.82, 2.24) is 19.8 Å². The normalized spacial score (nSPS) is 22.1. The molecule has 2 saturated carbocycles. The van der Waals surface area contributed by atoms with Gasteiger partial charge in [-0.15, -0.1) is 11.3 Å². The minimum atomic E-state index is -3.60. The van der Waals surface area contributed by atoms with Crippen LogP contribution in [0.25, 0.3) is 11.4 Å². The summed E-state index contributed by atoms with van der Waals surface area (Å²) in [6.07, 6.45) is 11.4. The molecule has 3 aliphatic rings. The molecular formula is C23H32N4O4S2. The average molecular weight is 493 g/mol. The van der Waals surface area contributed by atoms with Crippen LogP contribution in [0.1, 0.15) is 82.4 Å². The fourth-order valence-electron chi connectivity index (χ4n) is 4.97. The van der Waals surface area contributed by atoms with E-state index in [1.165, 1.54) is 47.7 Å². The van der Waals surface area contributed by atoms with E-state index >= 15 is 0 Å². The molecule has 1 aliphatic heterocycles. The molecule has 0 atom stereocenters. The van der Waals surface area contributed by atoms with Crippen LogP contribution in [0.3, 0.4) is 0 Å². The van der Waals surface area contributed by atoms with E-state index in [9.17, 15) is 13.2 Å². The second-order valence-corrected chi connectivity index (χ2v) is 12.7. The van der Waals surface area contributed by atoms with Crippen molar-refractivity contribution in [3.8, 4) is 11.4 Å². The molecule has 1 saturated heterocycles. The Hall–Kier alpha value is -1.78. The molecule has 0 unspecified atom stereocenters. The molecule has 2 aromatic heterocycles. The molecule has 0 spiro atoms. The van der Waals surface area contributed by atoms with Gasteiger partial charge in [-0.05, 0) is 44.6 Å². The van der Waals surface area contributed by atoms with Crippen molar-refractivity contribution in [2.45, 2.75) is 86.8 Å². The Bertz CT molecular complexity index is 1060. The van der Waals surface area contributed by atoms with Gasteiger partial charge in [-0.3, -0.25) is 4.79 Å². The Balaban J connectivity index is 1.18. The summed E-state index contributed by atoms with van der Waals surface area (Å²) >= 11 is 1.18. The Kier molecular flexibility index (Phi) is 6.85. The number of hydrogen-bond donors (Lipinski definition) is 1. The van der Waals surface area contributed by atoms with Crippen molar-refractivity contribution in [3.63, 3.8) is 0 Å². The number of piperidine rings is 1. The SMILES string of the molecule is O=C(NC1CCCCCC1)C1CCN(S(=O)(=O)c2cc(-c3noc(C4CCC4)n3)cs2)CC1. The third kappa shape index (κ3) is 5.02. The molecule has 1 amide bonds. The molecule has 5 rings (SSSR count). The zero-order valence-electron chi connectivity index (χ0n) is 18.9. The number of thiophene rings is 1. The van der Waals surface area contributed by atoms with Gasteiger partial charge in [-0.25, -0.2) is 8.42 Å². The van der Waals surface area contributed by atoms with Crippen LogP contribution >= 0.6 is 11.3 Å². The molecule has 10 heteroatoms. The highest BCUT2D eigenvalue weighted by atomic mass is 32.2. The highest BCUT2D eigenvalue weighted by Gasteiger charge is 2.34. The summed E-state index contributed by atoms with van der Waals surface area (Å²) in [6, 6.07) is 1.92. The lowest BCUT2D eigenvalue weighted by Gasteiger charge is -2.31. The molecular weight excluding hydrogens is 460 g/mol. The highest BCUT2D eigenvalue weighted by Crippen LogP contribution is 2.37. The number of hydrogen-bond acceptors (Lipinski definition) is 7. The number of carbonyl (C=O) groups excluding carboxylic acids is 1. The van der Waals surface area contributed by atoms with Gasteiger partial charge in [0.25, 0.3) is 10.0 Å². The summed E-state index contributed by atoms with van der Waals surface area (Å²) in [7, 11) is -3.60. The van der Waals surface area contributed by atoms with E-state index in [1.54, 1.807) is 11.4 Å². The minimum absolute atomic E-state index is 0.0942. The largest absolute Gasteiger partial charge is 0.353 e. The first kappa shape index (κ1) is 23.0. The Morgan fingerprint density at radius 2 is 1.76 bits per heavy atom. The van der Waals surface area contributed by atoms with Gasteiger partial charge in [0, 0.05) is 41.9 Å². The summed E-state index contributed by atoms with van der Waals surface area (Å²) in [5.41, 5.74) is 0.672. The summed E-state index contributed by atoms with van der Waals surface area (Å²) in [6.45, 7) is 0.735. The molecule has 3 heterocycles. The fourth-order valence-corrected chi connectivity index (χ4v) is 7.75. The standard InChI is InChI=1S/C23H32N4O4S2/c28-22(24-19-8-3-1-2-4-9-19)16-10-12-27(13-11-16)33(29,30)20-14-18(15-32-20)21-25-23(31-26-21)17-6-5-7-17/h14-17,19H,1-13H2,(H,24,28). The highest BCUT2D eigenvalue weighted by molar-refractivity contribution is 7.91. The predicted molar refractivity (Wildman–Crippen MR) is 125 cm³/mol. The molecule has 2 aliphatic carbocycles. The van der Waals surface area contributed by atoms with E-state index in [0.717, 1.165) is 25.7 Å². The number of aromatic nitrogens is 2. The number of nitrogens with one attached hydrogen (secondary N) is 1. The summed E-state index contributed by atoms with van der Waals surface area (Å²) in [4.78, 5) is 17.2. The van der Waals surface area contributed by atoms with Gasteiger partial charge in [0.1, 0.15) is 4.21 Å². The smallest absolute Gasteiger partial charge is 0.252 e. The first-order valence-electron chi connectivity index (χ1n) is 12.2. The van der Waals surface area contributed by atoms with Crippen molar-refractivity contribution in [2.75, 3.05) is 13.1 Å². The van der Waals surface area contributed by atoms with Crippen molar-refractivity contribution in [2.24, 2.45) is 5.92 Å². The zero-order valence-corrected chi connectivity index (χ0v) is 20.5. The van der Waals surface area contributed by atoms with E-state index in [-0.39, 0.29) is 22.1 Å². The van der Waals surface area contributed by atoms with Crippen LogP contribution < -0.4 is 5.32 Å². The van der Waals surface area contributed by atoms with Gasteiger partial charge in [-0.2, -0.15) is 9.29 Å². The van der Waals surface area contributed by atoms with Gasteiger partial charge >= 0.3 is 0 Å². The van der Waals surface area contributed by atoms with Crippen LogP contribution in [0.15, 0.2) is 20.2 Å². The molecule has 8 nitrogen and oxygen atoms in total. The monoisotopic (exact) mass is 492 g/mol. The third-order valence-corrected chi connectivity index (χ3v) is 10.7. The minimum Gasteiger partial charge on any atom is -0.353 e. The van der Waals surface area contributed by atoms with Crippen LogP contribution in [0.4, 0.5) is 0 Å². The summed E-state index contributed by atoms with van der Waals surface area (Å²) in [5.74, 6) is 1.42. The lowest BCUT2D eigenvalue weighted by Crippen LogP contribution is -2.45. The predicted octanol–water partition coefficient (Wildman–Crippen LogP) is 4.31. The average Bonchev–Trinajstić information content (AvgIpc) is 3.39. The van der Waals surface area contributed by atoms with Crippen LogP contribution in [0, 0.1) is 5.92 Å². The van der Waals surface area contributed by atoms with Crippen molar-refractivity contribution < 1.29 is 17.7 Å². The van der Waals surface area contributed by atoms with Crippen molar-refractivity contribution in [3.05, 3.63) is 17.3 Å². The quantitative estimate of drug-likeness (QED) is 0.603. The second kappa shape index (κ2) is 9.84. The maximum absolute atomic E-state index is 13.2. The summed E-state index contributed by atoms with van der Waals surface area (Å²) < 4.78 is 33.6. The molecule has 180 valence electrons. The number of rotatable bonds is 6. The van der Waals surface area contributed by atoms with Gasteiger partial charge in [0.05, 0.1) is 0 Å². The third-order valence-electron chi connectivity index (χ3n) is 7.35. The van der Waals surface area contributed by atoms with Crippen LogP contribution in [-0.4, -0.2) is 47.9 Å². The van der Waals surface area contributed by atoms with E-state index in [1.807, 2.05) is 0 Å². The zero-order chi connectivity index (χ0) is 22.8. The first-order valence-corrected chi connectivity index (χ1v) is 14.6. The molecule has 33 heavy (non-hydrogen) atoms. The Morgan fingerprint density at radius 3 is 2.42 bits per heavy atom. The number of carbonyl (C=O) groups is 1. The molecule has 1 N–H and O–H groups in total. The Labute approximate surface area is 199 Å². The molecule has 2 aromatic rings. The van der Waals surface area contributed by atoms with Gasteiger partial charge in [-0.1, -0.05) is 37.3 Å². The molecule has 3 fully saturated rings. The van der Waals surface area contributed by atoms with Crippen LogP contribution in [-0.2, 0) is 14.8 Å². The van der Waals surface area contributed by atoms with Crippen molar-refractivity contribution >= 4 is 27.3 Å². The number of amides is 1. The number of sulfonamides is 1. The van der Waals surface area contributed by atoms with E-state index in [4.69, 9.17) is 4.52 Å². The molecule has 0 bridgehead atoms. The van der Waals surface area contributed by atoms with Gasteiger partial charge in [0.15, 0.2) is 0 Å². The maximum atomic E-state index is 13.2. The van der Waals surface area contributed by atoms with Crippen LogP contribution in [0.5, 0.6) is 0 Å². The van der Waals surface area contributed by atoms with Crippen LogP contribution in [0.2, 0.25) is 0 Å². The molecule has 0 aromatic carbocycles. The van der Waals surface area contributed by atoms with E-state index in [2.05, 4.69) is 15.5 Å². The fraction of sp³-hybridized carbons (Fsp3) is 0.696. The molecule has 0 radical (unpaired) electrons. The van der Waals surface area contributed by atoms with E-state index in [0.29, 0.717) is 49.1 Å². The van der Waals surface area contributed by atoms with E-state index < -0.39 is 10.0 Å². The van der Waals surface area contributed by atoms with Crippen molar-refractivity contribution in [1.29, 1.82) is 0 Å². The lowest BCUT2D eigenvalue weighted by atomic mass is 9.85. The topological polar surface area (TPSA) is 105 Å². The second-order valence-electron chi connectivity index (χ2n) is 9.61. The number of nitrogens with zero attached hydrogens (tertiary/aromatic N) is 3. The summed E-state index contributed by atoms with van der Waals surface area (Å²) in [5, 5.41) is 9.05. The maximum Gasteiger partial charge on any atom is 0.252 e. The first-order chi connectivity index (χ1) is 16.0. The Morgan fingerprint density at radius 1 is 1.03 bits per heavy atom.